The van der Waals surface area contributed by atoms with E-state index in [0.717, 1.165) is 12.2 Å². The summed E-state index contributed by atoms with van der Waals surface area (Å²) in [7, 11) is 0. The molecule has 0 saturated heterocycles. The Morgan fingerprint density at radius 2 is 2.25 bits per heavy atom. The van der Waals surface area contributed by atoms with Gasteiger partial charge in [-0.05, 0) is 13.0 Å². The minimum atomic E-state index is 0.00533. The Balaban J connectivity index is 4.26. The van der Waals surface area contributed by atoms with E-state index in [-0.39, 0.29) is 5.92 Å². The van der Waals surface area contributed by atoms with Crippen molar-refractivity contribution in [3.05, 3.63) is 36.6 Å². The molecule has 0 saturated carbocycles. The lowest BCUT2D eigenvalue weighted by Crippen LogP contribution is -2.05. The maximum absolute atomic E-state index is 10.1. The maximum Gasteiger partial charge on any atom is 0.293 e. The number of carbonyl (C=O) groups is 1. The zero-order chi connectivity index (χ0) is 12.2. The van der Waals surface area contributed by atoms with Crippen LogP contribution in [0.15, 0.2) is 36.6 Å². The van der Waals surface area contributed by atoms with Gasteiger partial charge in [0.25, 0.3) is 6.47 Å². The molecule has 0 spiro atoms. The second-order valence-corrected chi connectivity index (χ2v) is 3.20. The minimum Gasteiger partial charge on any atom is -0.494 e. The van der Waals surface area contributed by atoms with Gasteiger partial charge in [0.05, 0.1) is 5.76 Å². The molecule has 0 heterocycles. The van der Waals surface area contributed by atoms with Gasteiger partial charge < -0.3 is 9.47 Å². The van der Waals surface area contributed by atoms with Gasteiger partial charge in [-0.25, -0.2) is 0 Å². The van der Waals surface area contributed by atoms with Crippen molar-refractivity contribution in [2.24, 2.45) is 5.92 Å². The predicted octanol–water partition coefficient (Wildman–Crippen LogP) is 2.85. The molecule has 1 atom stereocenters. The third-order valence-corrected chi connectivity index (χ3v) is 2.01. The van der Waals surface area contributed by atoms with Crippen molar-refractivity contribution < 1.29 is 14.3 Å². The highest BCUT2D eigenvalue weighted by Crippen LogP contribution is 2.10. The van der Waals surface area contributed by atoms with Gasteiger partial charge in [-0.2, -0.15) is 0 Å². The molecule has 0 fully saturated rings. The first kappa shape index (κ1) is 14.5. The third-order valence-electron chi connectivity index (χ3n) is 2.01. The van der Waals surface area contributed by atoms with E-state index in [4.69, 9.17) is 9.47 Å². The fourth-order valence-corrected chi connectivity index (χ4v) is 1.09. The van der Waals surface area contributed by atoms with Gasteiger partial charge in [0, 0.05) is 12.3 Å². The van der Waals surface area contributed by atoms with Crippen LogP contribution in [0, 0.1) is 5.92 Å². The number of carbonyl (C=O) groups excluding carboxylic acids is 1. The van der Waals surface area contributed by atoms with E-state index in [1.54, 1.807) is 6.08 Å². The molecule has 0 aromatic rings. The fourth-order valence-electron chi connectivity index (χ4n) is 1.09. The zero-order valence-electron chi connectivity index (χ0n) is 10.0. The summed E-state index contributed by atoms with van der Waals surface area (Å²) in [6.07, 6.45) is 8.35. The van der Waals surface area contributed by atoms with Crippen LogP contribution in [0.4, 0.5) is 0 Å². The monoisotopic (exact) mass is 224 g/mol. The van der Waals surface area contributed by atoms with Gasteiger partial charge in [-0.3, -0.25) is 4.79 Å². The van der Waals surface area contributed by atoms with Crippen LogP contribution in [0.2, 0.25) is 0 Å². The van der Waals surface area contributed by atoms with E-state index in [1.165, 1.54) is 0 Å². The van der Waals surface area contributed by atoms with Gasteiger partial charge in [-0.1, -0.05) is 25.2 Å². The van der Waals surface area contributed by atoms with Crippen molar-refractivity contribution in [1.82, 2.24) is 0 Å². The first-order chi connectivity index (χ1) is 7.78. The second kappa shape index (κ2) is 10.0. The van der Waals surface area contributed by atoms with E-state index in [0.29, 0.717) is 19.7 Å². The van der Waals surface area contributed by atoms with Crippen LogP contribution in [-0.2, 0) is 14.3 Å². The van der Waals surface area contributed by atoms with Crippen molar-refractivity contribution in [3.63, 3.8) is 0 Å². The van der Waals surface area contributed by atoms with Crippen LogP contribution >= 0.6 is 0 Å². The summed E-state index contributed by atoms with van der Waals surface area (Å²) in [6.45, 7) is 8.97. The van der Waals surface area contributed by atoms with E-state index in [2.05, 4.69) is 6.58 Å². The summed E-state index contributed by atoms with van der Waals surface area (Å²) >= 11 is 0. The van der Waals surface area contributed by atoms with E-state index in [9.17, 15) is 4.79 Å². The second-order valence-electron chi connectivity index (χ2n) is 3.20. The normalized spacial score (nSPS) is 13.5. The summed E-state index contributed by atoms with van der Waals surface area (Å²) in [5, 5.41) is 0. The number of rotatable bonds is 9. The smallest absolute Gasteiger partial charge is 0.293 e. The third kappa shape index (κ3) is 6.87. The number of allylic oxidation sites excluding steroid dienone is 2. The molecule has 0 rings (SSSR count). The van der Waals surface area contributed by atoms with E-state index in [1.807, 2.05) is 32.1 Å². The summed E-state index contributed by atoms with van der Waals surface area (Å²) in [4.78, 5) is 10.1. The Bertz CT molecular complexity index is 254. The molecule has 0 amide bonds. The SMILES string of the molecule is C=CC(/C=C(\CC)OC/C=C\C)COC=O. The molecule has 1 unspecified atom stereocenters. The maximum atomic E-state index is 10.1. The zero-order valence-corrected chi connectivity index (χ0v) is 10.0. The van der Waals surface area contributed by atoms with Crippen molar-refractivity contribution in [2.75, 3.05) is 13.2 Å². The van der Waals surface area contributed by atoms with Crippen LogP contribution in [0.3, 0.4) is 0 Å². The van der Waals surface area contributed by atoms with Crippen molar-refractivity contribution in [2.45, 2.75) is 20.3 Å². The largest absolute Gasteiger partial charge is 0.494 e. The number of hydrogen-bond acceptors (Lipinski definition) is 3. The molecule has 0 aliphatic rings. The lowest BCUT2D eigenvalue weighted by Gasteiger charge is -2.10. The average Bonchev–Trinajstić information content (AvgIpc) is 2.32. The molecular formula is C13H20O3. The van der Waals surface area contributed by atoms with Gasteiger partial charge in [-0.15, -0.1) is 6.58 Å². The van der Waals surface area contributed by atoms with Crippen LogP contribution in [0.1, 0.15) is 20.3 Å². The number of ether oxygens (including phenoxy) is 2. The molecular weight excluding hydrogens is 204 g/mol. The first-order valence-corrected chi connectivity index (χ1v) is 5.40. The van der Waals surface area contributed by atoms with Crippen LogP contribution in [0.25, 0.3) is 0 Å². The summed E-state index contributed by atoms with van der Waals surface area (Å²) in [6, 6.07) is 0. The van der Waals surface area contributed by atoms with Crippen molar-refractivity contribution in [1.29, 1.82) is 0 Å². The molecule has 0 aromatic heterocycles. The molecule has 16 heavy (non-hydrogen) atoms. The van der Waals surface area contributed by atoms with E-state index >= 15 is 0 Å². The van der Waals surface area contributed by atoms with Gasteiger partial charge in [0.15, 0.2) is 0 Å². The lowest BCUT2D eigenvalue weighted by atomic mass is 10.1. The lowest BCUT2D eigenvalue weighted by molar-refractivity contribution is -0.129. The molecule has 90 valence electrons. The van der Waals surface area contributed by atoms with Crippen LogP contribution in [0.5, 0.6) is 0 Å². The Morgan fingerprint density at radius 1 is 1.50 bits per heavy atom. The molecule has 0 N–H and O–H groups in total. The highest BCUT2D eigenvalue weighted by molar-refractivity contribution is 5.37. The van der Waals surface area contributed by atoms with Crippen LogP contribution in [-0.4, -0.2) is 19.7 Å². The molecule has 3 heteroatoms. The Hall–Kier alpha value is -1.51. The Labute approximate surface area is 97.4 Å². The Kier molecular flexibility index (Phi) is 9.08. The average molecular weight is 224 g/mol. The molecule has 0 radical (unpaired) electrons. The molecule has 0 aliphatic heterocycles. The van der Waals surface area contributed by atoms with Gasteiger partial charge in [0.1, 0.15) is 13.2 Å². The quantitative estimate of drug-likeness (QED) is 0.343. The van der Waals surface area contributed by atoms with Crippen molar-refractivity contribution >= 4 is 6.47 Å². The topological polar surface area (TPSA) is 35.5 Å². The molecule has 3 nitrogen and oxygen atoms in total. The highest BCUT2D eigenvalue weighted by atomic mass is 16.5. The summed E-state index contributed by atoms with van der Waals surface area (Å²) in [5.41, 5.74) is 0. The van der Waals surface area contributed by atoms with Crippen molar-refractivity contribution in [3.8, 4) is 0 Å². The van der Waals surface area contributed by atoms with E-state index < -0.39 is 0 Å². The standard InChI is InChI=1S/C13H20O3/c1-4-7-8-16-13(6-3)9-12(5-2)10-15-11-14/h4-5,7,9,11-12H,2,6,8,10H2,1,3H3/b7-4-,13-9+. The minimum absolute atomic E-state index is 0.00533. The molecule has 0 aliphatic carbocycles. The highest BCUT2D eigenvalue weighted by Gasteiger charge is 2.03. The summed E-state index contributed by atoms with van der Waals surface area (Å²) < 4.78 is 10.2. The Morgan fingerprint density at radius 3 is 2.75 bits per heavy atom. The summed E-state index contributed by atoms with van der Waals surface area (Å²) in [5.74, 6) is 0.892. The van der Waals surface area contributed by atoms with Gasteiger partial charge in [0.2, 0.25) is 0 Å². The fraction of sp³-hybridized carbons (Fsp3) is 0.462. The van der Waals surface area contributed by atoms with Crippen LogP contribution < -0.4 is 0 Å². The predicted molar refractivity (Wildman–Crippen MR) is 64.8 cm³/mol. The molecule has 0 aromatic carbocycles. The number of hydrogen-bond donors (Lipinski definition) is 0. The van der Waals surface area contributed by atoms with Gasteiger partial charge >= 0.3 is 0 Å². The first-order valence-electron chi connectivity index (χ1n) is 5.40. The molecule has 0 bridgehead atoms.